The summed E-state index contributed by atoms with van der Waals surface area (Å²) in [6.45, 7) is 8.06. The van der Waals surface area contributed by atoms with E-state index in [1.807, 2.05) is 13.8 Å². The molecule has 0 radical (unpaired) electrons. The van der Waals surface area contributed by atoms with Crippen LogP contribution in [0.5, 0.6) is 0 Å². The zero-order valence-corrected chi connectivity index (χ0v) is 13.6. The minimum Gasteiger partial charge on any atom is -0.264 e. The van der Waals surface area contributed by atoms with Crippen LogP contribution < -0.4 is 0 Å². The molecule has 0 aromatic rings. The van der Waals surface area contributed by atoms with Gasteiger partial charge in [0.15, 0.2) is 0 Å². The van der Waals surface area contributed by atoms with Crippen molar-refractivity contribution >= 4 is 10.4 Å². The van der Waals surface area contributed by atoms with Gasteiger partial charge in [0.1, 0.15) is 0 Å². The first kappa shape index (κ1) is 18.9. The van der Waals surface area contributed by atoms with Gasteiger partial charge in [0.25, 0.3) is 0 Å². The Hall–Kier alpha value is -0.130. The molecule has 0 spiro atoms. The lowest BCUT2D eigenvalue weighted by Crippen LogP contribution is -2.41. The van der Waals surface area contributed by atoms with Gasteiger partial charge < -0.3 is 0 Å². The van der Waals surface area contributed by atoms with Crippen molar-refractivity contribution in [1.29, 1.82) is 0 Å². The lowest BCUT2D eigenvalue weighted by molar-refractivity contribution is -0.00969. The molecular weight excluding hydrogens is 264 g/mol. The first-order chi connectivity index (χ1) is 8.85. The van der Waals surface area contributed by atoms with Crippen molar-refractivity contribution < 1.29 is 17.2 Å². The number of rotatable bonds is 11. The Kier molecular flexibility index (Phi) is 8.86. The highest BCUT2D eigenvalue weighted by atomic mass is 32.3. The second kappa shape index (κ2) is 8.93. The van der Waals surface area contributed by atoms with Crippen LogP contribution in [0.1, 0.15) is 79.1 Å². The smallest absolute Gasteiger partial charge is 0.264 e. The van der Waals surface area contributed by atoms with E-state index in [4.69, 9.17) is 8.74 Å². The highest BCUT2D eigenvalue weighted by molar-refractivity contribution is 7.80. The van der Waals surface area contributed by atoms with Gasteiger partial charge in [-0.15, -0.1) is 0 Å². The summed E-state index contributed by atoms with van der Waals surface area (Å²) in [6, 6.07) is 0. The number of hydrogen-bond donors (Lipinski definition) is 1. The van der Waals surface area contributed by atoms with Crippen molar-refractivity contribution in [3.05, 3.63) is 0 Å². The summed E-state index contributed by atoms with van der Waals surface area (Å²) >= 11 is 0. The molecule has 0 aromatic carbocycles. The SMILES string of the molecule is CCCCCCC(CC)C(CC)(CC)OS(=O)(=O)O. The first-order valence-corrected chi connectivity index (χ1v) is 8.89. The van der Waals surface area contributed by atoms with E-state index in [-0.39, 0.29) is 5.92 Å². The van der Waals surface area contributed by atoms with E-state index in [0.717, 1.165) is 19.3 Å². The zero-order chi connectivity index (χ0) is 14.9. The molecule has 5 heteroatoms. The van der Waals surface area contributed by atoms with Crippen molar-refractivity contribution in [3.8, 4) is 0 Å². The average Bonchev–Trinajstić information content (AvgIpc) is 2.35. The molecule has 1 atom stereocenters. The fraction of sp³-hybridized carbons (Fsp3) is 1.00. The van der Waals surface area contributed by atoms with Crippen molar-refractivity contribution in [1.82, 2.24) is 0 Å². The van der Waals surface area contributed by atoms with Crippen molar-refractivity contribution in [3.63, 3.8) is 0 Å². The topological polar surface area (TPSA) is 63.6 Å². The van der Waals surface area contributed by atoms with Crippen molar-refractivity contribution in [2.24, 2.45) is 5.92 Å². The Morgan fingerprint density at radius 2 is 1.63 bits per heavy atom. The summed E-state index contributed by atoms with van der Waals surface area (Å²) in [5.74, 6) is 0.168. The quantitative estimate of drug-likeness (QED) is 0.454. The molecule has 116 valence electrons. The molecule has 0 saturated carbocycles. The average molecular weight is 294 g/mol. The van der Waals surface area contributed by atoms with E-state index in [1.165, 1.54) is 19.3 Å². The third-order valence-corrected chi connectivity index (χ3v) is 4.65. The van der Waals surface area contributed by atoms with Crippen molar-refractivity contribution in [2.75, 3.05) is 0 Å². The molecule has 0 aromatic heterocycles. The predicted molar refractivity (Wildman–Crippen MR) is 78.5 cm³/mol. The van der Waals surface area contributed by atoms with Crippen LogP contribution in [0.4, 0.5) is 0 Å². The van der Waals surface area contributed by atoms with Crippen LogP contribution in [0.2, 0.25) is 0 Å². The molecule has 0 saturated heterocycles. The molecule has 19 heavy (non-hydrogen) atoms. The lowest BCUT2D eigenvalue weighted by Gasteiger charge is -2.37. The maximum atomic E-state index is 11.1. The lowest BCUT2D eigenvalue weighted by atomic mass is 9.78. The molecule has 4 nitrogen and oxygen atoms in total. The molecule has 0 heterocycles. The minimum atomic E-state index is -4.40. The van der Waals surface area contributed by atoms with E-state index in [9.17, 15) is 8.42 Å². The molecule has 1 N–H and O–H groups in total. The van der Waals surface area contributed by atoms with Gasteiger partial charge >= 0.3 is 10.4 Å². The standard InChI is InChI=1S/C14H30O4S/c1-5-9-10-11-12-13(6-2)14(7-3,8-4)18-19(15,16)17/h13H,5-12H2,1-4H3,(H,15,16,17). The molecule has 0 aliphatic heterocycles. The summed E-state index contributed by atoms with van der Waals surface area (Å²) in [7, 11) is -4.40. The monoisotopic (exact) mass is 294 g/mol. The normalized spacial score (nSPS) is 14.6. The van der Waals surface area contributed by atoms with Crippen LogP contribution in [-0.2, 0) is 14.6 Å². The number of unbranched alkanes of at least 4 members (excludes halogenated alkanes) is 3. The van der Waals surface area contributed by atoms with E-state index in [1.54, 1.807) is 0 Å². The van der Waals surface area contributed by atoms with Crippen LogP contribution in [-0.4, -0.2) is 18.6 Å². The molecular formula is C14H30O4S. The predicted octanol–water partition coefficient (Wildman–Crippen LogP) is 4.36. The highest BCUT2D eigenvalue weighted by Gasteiger charge is 2.39. The van der Waals surface area contributed by atoms with Crippen LogP contribution in [0.15, 0.2) is 0 Å². The molecule has 1 unspecified atom stereocenters. The summed E-state index contributed by atoms with van der Waals surface area (Å²) in [6.07, 6.45) is 7.65. The van der Waals surface area contributed by atoms with Gasteiger partial charge in [-0.3, -0.25) is 4.55 Å². The largest absolute Gasteiger partial charge is 0.397 e. The van der Waals surface area contributed by atoms with Crippen LogP contribution >= 0.6 is 0 Å². The van der Waals surface area contributed by atoms with Gasteiger partial charge in [-0.2, -0.15) is 8.42 Å². The van der Waals surface area contributed by atoms with Gasteiger partial charge in [-0.05, 0) is 25.2 Å². The second-order valence-corrected chi connectivity index (χ2v) is 6.26. The van der Waals surface area contributed by atoms with E-state index in [0.29, 0.717) is 12.8 Å². The Morgan fingerprint density at radius 3 is 2.00 bits per heavy atom. The van der Waals surface area contributed by atoms with Gasteiger partial charge in [0.05, 0.1) is 5.60 Å². The fourth-order valence-corrected chi connectivity index (χ4v) is 3.67. The van der Waals surface area contributed by atoms with Crippen LogP contribution in [0.3, 0.4) is 0 Å². The van der Waals surface area contributed by atoms with Gasteiger partial charge in [-0.1, -0.05) is 59.8 Å². The molecule has 0 bridgehead atoms. The summed E-state index contributed by atoms with van der Waals surface area (Å²) < 4.78 is 36.3. The summed E-state index contributed by atoms with van der Waals surface area (Å²) in [5, 5.41) is 0. The molecule has 0 aliphatic rings. The summed E-state index contributed by atoms with van der Waals surface area (Å²) in [4.78, 5) is 0. The Labute approximate surface area is 118 Å². The maximum Gasteiger partial charge on any atom is 0.397 e. The molecule has 0 rings (SSSR count). The fourth-order valence-electron chi connectivity index (χ4n) is 2.88. The third kappa shape index (κ3) is 6.72. The Balaban J connectivity index is 4.79. The van der Waals surface area contributed by atoms with Gasteiger partial charge in [-0.25, -0.2) is 4.18 Å². The zero-order valence-electron chi connectivity index (χ0n) is 12.8. The van der Waals surface area contributed by atoms with E-state index < -0.39 is 16.0 Å². The first-order valence-electron chi connectivity index (χ1n) is 7.53. The number of hydrogen-bond acceptors (Lipinski definition) is 3. The van der Waals surface area contributed by atoms with Gasteiger partial charge in [0, 0.05) is 0 Å². The molecule has 0 fully saturated rings. The van der Waals surface area contributed by atoms with E-state index >= 15 is 0 Å². The van der Waals surface area contributed by atoms with Gasteiger partial charge in [0.2, 0.25) is 0 Å². The Morgan fingerprint density at radius 1 is 1.05 bits per heavy atom. The van der Waals surface area contributed by atoms with E-state index in [2.05, 4.69) is 13.8 Å². The van der Waals surface area contributed by atoms with Crippen LogP contribution in [0, 0.1) is 5.92 Å². The van der Waals surface area contributed by atoms with Crippen LogP contribution in [0.25, 0.3) is 0 Å². The third-order valence-electron chi connectivity index (χ3n) is 4.11. The molecule has 0 aliphatic carbocycles. The second-order valence-electron chi connectivity index (χ2n) is 5.24. The summed E-state index contributed by atoms with van der Waals surface area (Å²) in [5.41, 5.74) is -0.755. The Bertz CT molecular complexity index is 320. The molecule has 0 amide bonds. The minimum absolute atomic E-state index is 0.168. The maximum absolute atomic E-state index is 11.1. The highest BCUT2D eigenvalue weighted by Crippen LogP contribution is 2.36. The van der Waals surface area contributed by atoms with Crippen molar-refractivity contribution in [2.45, 2.75) is 84.7 Å².